The first-order valence-electron chi connectivity index (χ1n) is 8.31. The summed E-state index contributed by atoms with van der Waals surface area (Å²) in [5, 5.41) is 25.2. The lowest BCUT2D eigenvalue weighted by molar-refractivity contribution is -0.142. The van der Waals surface area contributed by atoms with Gasteiger partial charge in [-0.05, 0) is 17.5 Å². The van der Waals surface area contributed by atoms with E-state index >= 15 is 0 Å². The van der Waals surface area contributed by atoms with Gasteiger partial charge in [0.05, 0.1) is 13.7 Å². The summed E-state index contributed by atoms with van der Waals surface area (Å²) in [6, 6.07) is 0.535. The summed E-state index contributed by atoms with van der Waals surface area (Å²) in [5.74, 6) is -0.675. The minimum atomic E-state index is -2.26. The van der Waals surface area contributed by atoms with E-state index in [1.807, 2.05) is 0 Å². The van der Waals surface area contributed by atoms with Gasteiger partial charge in [-0.3, -0.25) is 4.57 Å². The number of rotatable bonds is 7. The Morgan fingerprint density at radius 2 is 2.32 bits per heavy atom. The summed E-state index contributed by atoms with van der Waals surface area (Å²) in [6.07, 6.45) is -4.70. The van der Waals surface area contributed by atoms with Crippen LogP contribution in [-0.4, -0.2) is 63.5 Å². The van der Waals surface area contributed by atoms with Crippen LogP contribution < -0.4 is 11.0 Å². The zero-order chi connectivity index (χ0) is 21.1. The predicted octanol–water partition coefficient (Wildman–Crippen LogP) is 0.0795. The number of ether oxygens (including phenoxy) is 2. The van der Waals surface area contributed by atoms with E-state index in [9.17, 15) is 24.2 Å². The molecule has 154 valence electrons. The van der Waals surface area contributed by atoms with E-state index in [1.165, 1.54) is 13.2 Å². The molecule has 2 rings (SSSR count). The number of aliphatic hydroxyl groups excluding tert-OH is 2. The minimum absolute atomic E-state index is 0.0442. The molecule has 0 saturated carbocycles. The van der Waals surface area contributed by atoms with Crippen molar-refractivity contribution in [3.63, 3.8) is 0 Å². The van der Waals surface area contributed by atoms with E-state index in [2.05, 4.69) is 20.3 Å². The molecule has 0 spiro atoms. The number of hydrogen-bond acceptors (Lipinski definition) is 9. The van der Waals surface area contributed by atoms with Gasteiger partial charge in [0, 0.05) is 11.1 Å². The quantitative estimate of drug-likeness (QED) is 0.250. The Kier molecular flexibility index (Phi) is 6.56. The number of nitrogens with zero attached hydrogens (tertiary/aromatic N) is 5. The molecule has 13 heteroatoms. The number of aliphatic hydroxyl groups is 2. The van der Waals surface area contributed by atoms with Gasteiger partial charge in [0.2, 0.25) is 5.72 Å². The third-order valence-electron chi connectivity index (χ3n) is 4.33. The molecule has 1 aliphatic heterocycles. The molecule has 0 unspecified atom stereocenters. The van der Waals surface area contributed by atoms with Crippen LogP contribution in [0.15, 0.2) is 22.2 Å². The standard InChI is InChI=1S/C15H21FN6O6/c1-7(2)10(13(25)27-3)18-8-4-5-22(14(26)19-8)12-9(16)11(24)15(6-23,28-12)20-21-17/h4-5,7,9-12,23-24H,6H2,1-3H3,(H,18,19,26)/t9-,10+,11-,12+,15+/m0/s1. The zero-order valence-electron chi connectivity index (χ0n) is 15.4. The highest BCUT2D eigenvalue weighted by molar-refractivity contribution is 5.79. The number of aromatic nitrogens is 2. The van der Waals surface area contributed by atoms with Crippen molar-refractivity contribution in [2.24, 2.45) is 11.0 Å². The maximum atomic E-state index is 14.5. The van der Waals surface area contributed by atoms with Gasteiger partial charge in [-0.1, -0.05) is 19.0 Å². The molecule has 28 heavy (non-hydrogen) atoms. The topological polar surface area (TPSA) is 172 Å². The Morgan fingerprint density at radius 1 is 1.64 bits per heavy atom. The fraction of sp³-hybridized carbons (Fsp3) is 0.667. The number of hydrogen-bond donors (Lipinski definition) is 3. The predicted molar refractivity (Wildman–Crippen MR) is 92.7 cm³/mol. The molecule has 1 aliphatic rings. The summed E-state index contributed by atoms with van der Waals surface area (Å²) in [6.45, 7) is 2.54. The fourth-order valence-electron chi connectivity index (χ4n) is 2.75. The third-order valence-corrected chi connectivity index (χ3v) is 4.33. The van der Waals surface area contributed by atoms with Crippen LogP contribution >= 0.6 is 0 Å². The summed E-state index contributed by atoms with van der Waals surface area (Å²) >= 11 is 0. The summed E-state index contributed by atoms with van der Waals surface area (Å²) in [4.78, 5) is 30.3. The first kappa shape index (κ1) is 21.6. The number of carbonyl (C=O) groups excluding carboxylic acids is 1. The van der Waals surface area contributed by atoms with E-state index in [1.54, 1.807) is 13.8 Å². The van der Waals surface area contributed by atoms with Crippen LogP contribution in [0.5, 0.6) is 0 Å². The van der Waals surface area contributed by atoms with E-state index in [0.29, 0.717) is 0 Å². The molecule has 1 saturated heterocycles. The summed E-state index contributed by atoms with van der Waals surface area (Å²) < 4.78 is 25.1. The smallest absolute Gasteiger partial charge is 0.351 e. The lowest BCUT2D eigenvalue weighted by Crippen LogP contribution is -2.43. The molecule has 1 fully saturated rings. The van der Waals surface area contributed by atoms with Gasteiger partial charge in [0.15, 0.2) is 12.4 Å². The van der Waals surface area contributed by atoms with Crippen molar-refractivity contribution in [2.45, 2.75) is 44.1 Å². The number of nitrogens with one attached hydrogen (secondary N) is 1. The second-order valence-corrected chi connectivity index (χ2v) is 6.48. The minimum Gasteiger partial charge on any atom is -0.467 e. The van der Waals surface area contributed by atoms with Gasteiger partial charge in [0.25, 0.3) is 0 Å². The maximum Gasteiger partial charge on any atom is 0.351 e. The Labute approximate surface area is 158 Å². The summed E-state index contributed by atoms with van der Waals surface area (Å²) in [7, 11) is 1.23. The van der Waals surface area contributed by atoms with Crippen molar-refractivity contribution in [1.82, 2.24) is 9.55 Å². The van der Waals surface area contributed by atoms with Gasteiger partial charge < -0.3 is 25.0 Å². The number of carbonyl (C=O) groups is 1. The molecule has 5 atom stereocenters. The van der Waals surface area contributed by atoms with Crippen LogP contribution in [0.2, 0.25) is 0 Å². The molecule has 0 amide bonds. The normalized spacial score (nSPS) is 27.9. The monoisotopic (exact) mass is 400 g/mol. The van der Waals surface area contributed by atoms with E-state index in [4.69, 9.17) is 15.0 Å². The van der Waals surface area contributed by atoms with Crippen LogP contribution in [0, 0.1) is 5.92 Å². The number of anilines is 1. The average Bonchev–Trinajstić information content (AvgIpc) is 2.91. The van der Waals surface area contributed by atoms with Crippen molar-refractivity contribution in [2.75, 3.05) is 19.0 Å². The third kappa shape index (κ3) is 3.92. The van der Waals surface area contributed by atoms with Gasteiger partial charge >= 0.3 is 11.7 Å². The fourth-order valence-corrected chi connectivity index (χ4v) is 2.75. The van der Waals surface area contributed by atoms with Crippen molar-refractivity contribution >= 4 is 11.8 Å². The van der Waals surface area contributed by atoms with Gasteiger partial charge in [0.1, 0.15) is 18.0 Å². The second-order valence-electron chi connectivity index (χ2n) is 6.48. The van der Waals surface area contributed by atoms with Crippen molar-refractivity contribution in [3.8, 4) is 0 Å². The lowest BCUT2D eigenvalue weighted by atomic mass is 10.0. The molecule has 2 heterocycles. The van der Waals surface area contributed by atoms with E-state index in [0.717, 1.165) is 10.8 Å². The van der Waals surface area contributed by atoms with Crippen molar-refractivity contribution < 1.29 is 28.9 Å². The number of halogens is 1. The first-order valence-corrected chi connectivity index (χ1v) is 8.31. The van der Waals surface area contributed by atoms with E-state index < -0.39 is 48.5 Å². The van der Waals surface area contributed by atoms with Crippen molar-refractivity contribution in [1.29, 1.82) is 0 Å². The molecule has 3 N–H and O–H groups in total. The lowest BCUT2D eigenvalue weighted by Gasteiger charge is -2.23. The number of methoxy groups -OCH3 is 1. The SMILES string of the molecule is COC(=O)[C@H](Nc1ccn([C@@H]2O[C@@](CO)(N=[N+]=[N-])[C@@H](O)[C@@H]2F)c(=O)n1)C(C)C. The van der Waals surface area contributed by atoms with Gasteiger partial charge in [-0.2, -0.15) is 4.98 Å². The number of esters is 1. The average molecular weight is 400 g/mol. The van der Waals surface area contributed by atoms with Crippen molar-refractivity contribution in [3.05, 3.63) is 33.2 Å². The van der Waals surface area contributed by atoms with E-state index in [-0.39, 0.29) is 11.7 Å². The highest BCUT2D eigenvalue weighted by Crippen LogP contribution is 2.39. The number of alkyl halides is 1. The van der Waals surface area contributed by atoms with Crippen LogP contribution in [0.25, 0.3) is 10.4 Å². The molecule has 1 aromatic heterocycles. The Bertz CT molecular complexity index is 827. The van der Waals surface area contributed by atoms with Gasteiger partial charge in [-0.25, -0.2) is 14.0 Å². The van der Waals surface area contributed by atoms with Crippen LogP contribution in [0.4, 0.5) is 10.2 Å². The molecule has 0 aromatic carbocycles. The molecule has 12 nitrogen and oxygen atoms in total. The highest BCUT2D eigenvalue weighted by atomic mass is 19.1. The number of azide groups is 1. The van der Waals surface area contributed by atoms with Crippen LogP contribution in [-0.2, 0) is 14.3 Å². The Morgan fingerprint density at radius 3 is 2.82 bits per heavy atom. The Hall–Kier alpha value is -2.73. The van der Waals surface area contributed by atoms with Gasteiger partial charge in [-0.15, -0.1) is 0 Å². The molecular weight excluding hydrogens is 379 g/mol. The highest BCUT2D eigenvalue weighted by Gasteiger charge is 2.56. The summed E-state index contributed by atoms with van der Waals surface area (Å²) in [5.41, 5.74) is 5.36. The van der Waals surface area contributed by atoms with Crippen LogP contribution in [0.3, 0.4) is 0 Å². The van der Waals surface area contributed by atoms with Crippen LogP contribution in [0.1, 0.15) is 20.1 Å². The molecule has 0 aliphatic carbocycles. The zero-order valence-corrected chi connectivity index (χ0v) is 15.4. The second kappa shape index (κ2) is 8.52. The molecular formula is C15H21FN6O6. The molecule has 1 aromatic rings. The largest absolute Gasteiger partial charge is 0.467 e. The molecule has 0 bridgehead atoms. The Balaban J connectivity index is 2.31. The maximum absolute atomic E-state index is 14.5. The first-order chi connectivity index (χ1) is 13.2. The molecule has 0 radical (unpaired) electrons.